The van der Waals surface area contributed by atoms with Crippen molar-refractivity contribution in [2.45, 2.75) is 31.1 Å². The van der Waals surface area contributed by atoms with Gasteiger partial charge >= 0.3 is 18.1 Å². The third kappa shape index (κ3) is 6.21. The Bertz CT molecular complexity index is 405. The number of amides is 1. The Morgan fingerprint density at radius 2 is 1.81 bits per heavy atom. The summed E-state index contributed by atoms with van der Waals surface area (Å²) in [6.07, 6.45) is -3.84. The monoisotopic (exact) mass is 332 g/mol. The van der Waals surface area contributed by atoms with Gasteiger partial charge in [-0.15, -0.1) is 0 Å². The molecule has 1 amide bonds. The van der Waals surface area contributed by atoms with Crippen molar-refractivity contribution in [1.29, 1.82) is 0 Å². The second kappa shape index (κ2) is 8.08. The SMILES string of the molecule is N[C@@H](CS)C(=O)N1CCC[C@H]1C(=O)O.O=C(O)C(F)(F)F. The van der Waals surface area contributed by atoms with E-state index in [9.17, 15) is 22.8 Å². The molecular weight excluding hydrogens is 317 g/mol. The Balaban J connectivity index is 0.000000486. The van der Waals surface area contributed by atoms with Gasteiger partial charge < -0.3 is 20.8 Å². The van der Waals surface area contributed by atoms with E-state index in [1.54, 1.807) is 0 Å². The van der Waals surface area contributed by atoms with Gasteiger partial charge in [-0.2, -0.15) is 25.8 Å². The Labute approximate surface area is 123 Å². The molecule has 1 aliphatic heterocycles. The van der Waals surface area contributed by atoms with Gasteiger partial charge in [0.2, 0.25) is 5.91 Å². The third-order valence-electron chi connectivity index (χ3n) is 2.58. The molecule has 0 spiro atoms. The lowest BCUT2D eigenvalue weighted by Crippen LogP contribution is -2.49. The molecule has 2 atom stereocenters. The Hall–Kier alpha value is -1.49. The molecule has 1 fully saturated rings. The van der Waals surface area contributed by atoms with Gasteiger partial charge in [-0.05, 0) is 12.8 Å². The lowest BCUT2D eigenvalue weighted by atomic mass is 10.2. The molecule has 1 heterocycles. The smallest absolute Gasteiger partial charge is 0.480 e. The van der Waals surface area contributed by atoms with Gasteiger partial charge in [-0.1, -0.05) is 0 Å². The maximum atomic E-state index is 11.6. The minimum absolute atomic E-state index is 0.238. The average Bonchev–Trinajstić information content (AvgIpc) is 2.85. The molecule has 0 aromatic rings. The van der Waals surface area contributed by atoms with Crippen LogP contribution in [0.3, 0.4) is 0 Å². The molecule has 7 nitrogen and oxygen atoms in total. The summed E-state index contributed by atoms with van der Waals surface area (Å²) < 4.78 is 31.7. The number of nitrogens with zero attached hydrogens (tertiary/aromatic N) is 1. The van der Waals surface area contributed by atoms with Gasteiger partial charge in [-0.25, -0.2) is 9.59 Å². The van der Waals surface area contributed by atoms with Gasteiger partial charge in [0.1, 0.15) is 6.04 Å². The highest BCUT2D eigenvalue weighted by atomic mass is 32.1. The summed E-state index contributed by atoms with van der Waals surface area (Å²) in [5.74, 6) is -3.79. The Morgan fingerprint density at radius 1 is 1.33 bits per heavy atom. The number of carboxylic acid groups (broad SMARTS) is 2. The zero-order chi connectivity index (χ0) is 16.8. The number of halogens is 3. The van der Waals surface area contributed by atoms with Crippen molar-refractivity contribution in [3.05, 3.63) is 0 Å². The number of carboxylic acids is 2. The van der Waals surface area contributed by atoms with Crippen LogP contribution in [0.1, 0.15) is 12.8 Å². The van der Waals surface area contributed by atoms with Crippen molar-refractivity contribution in [1.82, 2.24) is 4.90 Å². The van der Waals surface area contributed by atoms with E-state index >= 15 is 0 Å². The predicted octanol–water partition coefficient (Wildman–Crippen LogP) is -0.0476. The molecule has 21 heavy (non-hydrogen) atoms. The van der Waals surface area contributed by atoms with E-state index in [0.717, 1.165) is 6.42 Å². The second-order valence-corrected chi connectivity index (χ2v) is 4.49. The standard InChI is InChI=1S/C8H14N2O3S.C2HF3O2/c9-5(4-14)7(11)10-3-1-2-6(10)8(12)13;3-2(4,5)1(6)7/h5-6,14H,1-4,9H2,(H,12,13);(H,6,7)/t5-,6-;/m0./s1. The van der Waals surface area contributed by atoms with Crippen molar-refractivity contribution in [2.75, 3.05) is 12.3 Å². The minimum atomic E-state index is -5.08. The fraction of sp³-hybridized carbons (Fsp3) is 0.700. The number of hydrogen-bond donors (Lipinski definition) is 4. The van der Waals surface area contributed by atoms with E-state index in [-0.39, 0.29) is 11.7 Å². The summed E-state index contributed by atoms with van der Waals surface area (Å²) >= 11 is 3.91. The number of nitrogens with two attached hydrogens (primary N) is 1. The van der Waals surface area contributed by atoms with Gasteiger partial charge in [0.05, 0.1) is 6.04 Å². The van der Waals surface area contributed by atoms with Crippen LogP contribution < -0.4 is 5.73 Å². The fourth-order valence-electron chi connectivity index (χ4n) is 1.58. The van der Waals surface area contributed by atoms with Crippen LogP contribution in [0.2, 0.25) is 0 Å². The average molecular weight is 332 g/mol. The summed E-state index contributed by atoms with van der Waals surface area (Å²) in [4.78, 5) is 32.6. The van der Waals surface area contributed by atoms with Crippen LogP contribution in [0, 0.1) is 0 Å². The summed E-state index contributed by atoms with van der Waals surface area (Å²) in [5.41, 5.74) is 5.50. The number of rotatable bonds is 3. The quantitative estimate of drug-likeness (QED) is 0.538. The van der Waals surface area contributed by atoms with Crippen LogP contribution in [0.25, 0.3) is 0 Å². The highest BCUT2D eigenvalue weighted by Crippen LogP contribution is 2.18. The van der Waals surface area contributed by atoms with E-state index < -0.39 is 30.2 Å². The molecule has 4 N–H and O–H groups in total. The highest BCUT2D eigenvalue weighted by molar-refractivity contribution is 7.80. The van der Waals surface area contributed by atoms with Gasteiger partial charge in [0, 0.05) is 12.3 Å². The molecule has 0 radical (unpaired) electrons. The second-order valence-electron chi connectivity index (χ2n) is 4.12. The van der Waals surface area contributed by atoms with Gasteiger partial charge in [0.25, 0.3) is 0 Å². The predicted molar refractivity (Wildman–Crippen MR) is 67.9 cm³/mol. The summed E-state index contributed by atoms with van der Waals surface area (Å²) in [6, 6.07) is -1.40. The van der Waals surface area contributed by atoms with Crippen LogP contribution in [0.15, 0.2) is 0 Å². The van der Waals surface area contributed by atoms with Crippen molar-refractivity contribution < 1.29 is 37.8 Å². The number of carbonyl (C=O) groups excluding carboxylic acids is 1. The largest absolute Gasteiger partial charge is 0.490 e. The maximum Gasteiger partial charge on any atom is 0.490 e. The first-order chi connectivity index (χ1) is 9.52. The zero-order valence-electron chi connectivity index (χ0n) is 10.7. The molecule has 11 heteroatoms. The van der Waals surface area contributed by atoms with E-state index in [2.05, 4.69) is 12.6 Å². The zero-order valence-corrected chi connectivity index (χ0v) is 11.6. The molecule has 1 rings (SSSR count). The van der Waals surface area contributed by atoms with Crippen LogP contribution in [-0.2, 0) is 14.4 Å². The number of aliphatic carboxylic acids is 2. The molecule has 0 saturated carbocycles. The Kier molecular flexibility index (Phi) is 7.50. The molecule has 0 aromatic carbocycles. The highest BCUT2D eigenvalue weighted by Gasteiger charge is 2.38. The Morgan fingerprint density at radius 3 is 2.14 bits per heavy atom. The minimum Gasteiger partial charge on any atom is -0.480 e. The molecular formula is C10H15F3N2O5S. The lowest BCUT2D eigenvalue weighted by molar-refractivity contribution is -0.192. The number of likely N-dealkylation sites (tertiary alicyclic amines) is 1. The van der Waals surface area contributed by atoms with Crippen LogP contribution >= 0.6 is 12.6 Å². The number of thiol groups is 1. The first-order valence-corrected chi connectivity index (χ1v) is 6.35. The summed E-state index contributed by atoms with van der Waals surface area (Å²) in [5, 5.41) is 16.0. The van der Waals surface area contributed by atoms with Gasteiger partial charge in [0.15, 0.2) is 0 Å². The van der Waals surface area contributed by atoms with Crippen molar-refractivity contribution >= 4 is 30.5 Å². The molecule has 1 aliphatic rings. The topological polar surface area (TPSA) is 121 Å². The molecule has 0 aliphatic carbocycles. The van der Waals surface area contributed by atoms with Gasteiger partial charge in [-0.3, -0.25) is 4.79 Å². The molecule has 0 aromatic heterocycles. The van der Waals surface area contributed by atoms with E-state index in [4.69, 9.17) is 20.7 Å². The summed E-state index contributed by atoms with van der Waals surface area (Å²) in [6.45, 7) is 0.483. The van der Waals surface area contributed by atoms with E-state index in [1.807, 2.05) is 0 Å². The third-order valence-corrected chi connectivity index (χ3v) is 2.97. The van der Waals surface area contributed by atoms with E-state index in [0.29, 0.717) is 13.0 Å². The van der Waals surface area contributed by atoms with Crippen molar-refractivity contribution in [3.8, 4) is 0 Å². The van der Waals surface area contributed by atoms with Crippen LogP contribution in [0.5, 0.6) is 0 Å². The summed E-state index contributed by atoms with van der Waals surface area (Å²) in [7, 11) is 0. The number of carbonyl (C=O) groups is 3. The molecule has 0 bridgehead atoms. The van der Waals surface area contributed by atoms with Crippen LogP contribution in [0.4, 0.5) is 13.2 Å². The fourth-order valence-corrected chi connectivity index (χ4v) is 1.73. The van der Waals surface area contributed by atoms with Crippen molar-refractivity contribution in [2.24, 2.45) is 5.73 Å². The maximum absolute atomic E-state index is 11.6. The number of hydrogen-bond acceptors (Lipinski definition) is 5. The first kappa shape index (κ1) is 19.5. The lowest BCUT2D eigenvalue weighted by Gasteiger charge is -2.23. The van der Waals surface area contributed by atoms with Crippen molar-refractivity contribution in [3.63, 3.8) is 0 Å². The number of alkyl halides is 3. The molecule has 0 unspecified atom stereocenters. The van der Waals surface area contributed by atoms with E-state index in [1.165, 1.54) is 4.90 Å². The normalized spacial score (nSPS) is 19.5. The molecule has 122 valence electrons. The first-order valence-electron chi connectivity index (χ1n) is 5.72. The van der Waals surface area contributed by atoms with Crippen LogP contribution in [-0.4, -0.2) is 63.5 Å². The molecule has 1 saturated heterocycles.